The number of nitrogens with zero attached hydrogens (tertiary/aromatic N) is 2. The molecule has 0 heterocycles. The van der Waals surface area contributed by atoms with Crippen LogP contribution in [0.5, 0.6) is 0 Å². The summed E-state index contributed by atoms with van der Waals surface area (Å²) in [5.74, 6) is 0.320. The summed E-state index contributed by atoms with van der Waals surface area (Å²) in [5, 5.41) is 6.62. The maximum Gasteiger partial charge on any atom is 0.248 e. The molecule has 0 fully saturated rings. The van der Waals surface area contributed by atoms with Gasteiger partial charge < -0.3 is 16.4 Å². The Labute approximate surface area is 167 Å². The van der Waals surface area contributed by atoms with Crippen molar-refractivity contribution in [3.63, 3.8) is 0 Å². The van der Waals surface area contributed by atoms with E-state index in [2.05, 4.69) is 58.8 Å². The molecule has 0 spiro atoms. The molecule has 0 aliphatic rings. The Kier molecular flexibility index (Phi) is 8.49. The topological polar surface area (TPSA) is 82.8 Å². The molecular weight excluding hydrogens is 350 g/mol. The van der Waals surface area contributed by atoms with Crippen LogP contribution in [0, 0.1) is 0 Å². The van der Waals surface area contributed by atoms with Crippen molar-refractivity contribution in [3.05, 3.63) is 71.3 Å². The SMILES string of the molecule is CN=C(NCCC(C)N(C)Cc1ccccc1)NCc1cccc(C(N)=O)c1. The highest BCUT2D eigenvalue weighted by atomic mass is 16.1. The summed E-state index contributed by atoms with van der Waals surface area (Å²) >= 11 is 0. The number of hydrogen-bond donors (Lipinski definition) is 3. The van der Waals surface area contributed by atoms with E-state index in [0.29, 0.717) is 18.2 Å². The van der Waals surface area contributed by atoms with Gasteiger partial charge in [-0.15, -0.1) is 0 Å². The Hall–Kier alpha value is -2.86. The average Bonchev–Trinajstić information content (AvgIpc) is 2.71. The van der Waals surface area contributed by atoms with E-state index in [-0.39, 0.29) is 0 Å². The number of amides is 1. The van der Waals surface area contributed by atoms with Crippen molar-refractivity contribution in [2.45, 2.75) is 32.5 Å². The second-order valence-corrected chi connectivity index (χ2v) is 6.96. The molecule has 4 N–H and O–H groups in total. The number of carbonyl (C=O) groups is 1. The van der Waals surface area contributed by atoms with Crippen LogP contribution >= 0.6 is 0 Å². The molecular formula is C22H31N5O. The minimum Gasteiger partial charge on any atom is -0.366 e. The van der Waals surface area contributed by atoms with Crippen molar-refractivity contribution >= 4 is 11.9 Å². The highest BCUT2D eigenvalue weighted by molar-refractivity contribution is 5.92. The Morgan fingerprint density at radius 2 is 1.82 bits per heavy atom. The first-order chi connectivity index (χ1) is 13.5. The smallest absolute Gasteiger partial charge is 0.248 e. The lowest BCUT2D eigenvalue weighted by molar-refractivity contribution is 0.1000. The van der Waals surface area contributed by atoms with Crippen molar-refractivity contribution in [1.29, 1.82) is 0 Å². The molecule has 2 aromatic carbocycles. The lowest BCUT2D eigenvalue weighted by Gasteiger charge is -2.25. The van der Waals surface area contributed by atoms with Crippen molar-refractivity contribution in [2.75, 3.05) is 20.6 Å². The second kappa shape index (κ2) is 11.1. The van der Waals surface area contributed by atoms with E-state index in [1.807, 2.05) is 18.2 Å². The molecule has 0 saturated heterocycles. The molecule has 0 radical (unpaired) electrons. The van der Waals surface area contributed by atoms with Crippen LogP contribution in [0.2, 0.25) is 0 Å². The lowest BCUT2D eigenvalue weighted by atomic mass is 10.1. The third-order valence-corrected chi connectivity index (χ3v) is 4.78. The molecule has 0 aliphatic heterocycles. The number of carbonyl (C=O) groups excluding carboxylic acids is 1. The zero-order chi connectivity index (χ0) is 20.4. The largest absolute Gasteiger partial charge is 0.366 e. The van der Waals surface area contributed by atoms with E-state index >= 15 is 0 Å². The number of aliphatic imine (C=N–C) groups is 1. The average molecular weight is 382 g/mol. The van der Waals surface area contributed by atoms with E-state index in [1.54, 1.807) is 19.2 Å². The van der Waals surface area contributed by atoms with Gasteiger partial charge in [-0.3, -0.25) is 14.7 Å². The van der Waals surface area contributed by atoms with E-state index in [1.165, 1.54) is 5.56 Å². The normalized spacial score (nSPS) is 12.6. The number of rotatable bonds is 9. The Bertz CT molecular complexity index is 776. The molecule has 0 bridgehead atoms. The zero-order valence-corrected chi connectivity index (χ0v) is 17.0. The van der Waals surface area contributed by atoms with Gasteiger partial charge >= 0.3 is 0 Å². The molecule has 0 aliphatic carbocycles. The minimum absolute atomic E-state index is 0.419. The van der Waals surface area contributed by atoms with Crippen LogP contribution < -0.4 is 16.4 Å². The van der Waals surface area contributed by atoms with Crippen LogP contribution in [0.15, 0.2) is 59.6 Å². The van der Waals surface area contributed by atoms with Crippen LogP contribution in [0.3, 0.4) is 0 Å². The Morgan fingerprint density at radius 3 is 2.50 bits per heavy atom. The first-order valence-corrected chi connectivity index (χ1v) is 9.57. The molecule has 6 nitrogen and oxygen atoms in total. The van der Waals surface area contributed by atoms with E-state index < -0.39 is 5.91 Å². The highest BCUT2D eigenvalue weighted by Gasteiger charge is 2.10. The number of benzene rings is 2. The molecule has 2 aromatic rings. The minimum atomic E-state index is -0.419. The molecule has 1 atom stereocenters. The fourth-order valence-electron chi connectivity index (χ4n) is 2.89. The maximum absolute atomic E-state index is 11.3. The summed E-state index contributed by atoms with van der Waals surface area (Å²) in [6.45, 7) is 4.56. The van der Waals surface area contributed by atoms with Gasteiger partial charge in [-0.1, -0.05) is 42.5 Å². The van der Waals surface area contributed by atoms with Gasteiger partial charge in [-0.2, -0.15) is 0 Å². The summed E-state index contributed by atoms with van der Waals surface area (Å²) in [5.41, 5.74) is 8.15. The molecule has 6 heteroatoms. The van der Waals surface area contributed by atoms with Crippen LogP contribution in [-0.2, 0) is 13.1 Å². The van der Waals surface area contributed by atoms with Crippen LogP contribution in [0.25, 0.3) is 0 Å². The number of nitrogens with two attached hydrogens (primary N) is 1. The molecule has 0 aromatic heterocycles. The van der Waals surface area contributed by atoms with Gasteiger partial charge in [0.15, 0.2) is 5.96 Å². The van der Waals surface area contributed by atoms with Crippen molar-refractivity contribution in [2.24, 2.45) is 10.7 Å². The molecule has 150 valence electrons. The molecule has 2 rings (SSSR count). The highest BCUT2D eigenvalue weighted by Crippen LogP contribution is 2.08. The maximum atomic E-state index is 11.3. The zero-order valence-electron chi connectivity index (χ0n) is 17.0. The van der Waals surface area contributed by atoms with Gasteiger partial charge in [0, 0.05) is 38.3 Å². The van der Waals surface area contributed by atoms with Crippen molar-refractivity contribution in [1.82, 2.24) is 15.5 Å². The van der Waals surface area contributed by atoms with Gasteiger partial charge in [0.05, 0.1) is 0 Å². The third kappa shape index (κ3) is 7.04. The van der Waals surface area contributed by atoms with Crippen molar-refractivity contribution < 1.29 is 4.79 Å². The monoisotopic (exact) mass is 381 g/mol. The second-order valence-electron chi connectivity index (χ2n) is 6.96. The van der Waals surface area contributed by atoms with Gasteiger partial charge in [0.2, 0.25) is 5.91 Å². The number of nitrogens with one attached hydrogen (secondary N) is 2. The van der Waals surface area contributed by atoms with Crippen LogP contribution in [0.4, 0.5) is 0 Å². The number of guanidine groups is 1. The fraction of sp³-hybridized carbons (Fsp3) is 0.364. The Balaban J connectivity index is 1.74. The first kappa shape index (κ1) is 21.4. The molecule has 0 saturated carbocycles. The van der Waals surface area contributed by atoms with E-state index in [9.17, 15) is 4.79 Å². The molecule has 1 unspecified atom stereocenters. The quantitative estimate of drug-likeness (QED) is 0.460. The van der Waals surface area contributed by atoms with E-state index in [0.717, 1.165) is 31.0 Å². The Morgan fingerprint density at radius 1 is 1.11 bits per heavy atom. The summed E-state index contributed by atoms with van der Waals surface area (Å²) in [6, 6.07) is 18.2. The predicted molar refractivity (Wildman–Crippen MR) is 115 cm³/mol. The number of primary amides is 1. The summed E-state index contributed by atoms with van der Waals surface area (Å²) in [6.07, 6.45) is 1.00. The van der Waals surface area contributed by atoms with Crippen molar-refractivity contribution in [3.8, 4) is 0 Å². The summed E-state index contributed by atoms with van der Waals surface area (Å²) < 4.78 is 0. The van der Waals surface area contributed by atoms with E-state index in [4.69, 9.17) is 5.73 Å². The first-order valence-electron chi connectivity index (χ1n) is 9.57. The fourth-order valence-corrected chi connectivity index (χ4v) is 2.89. The third-order valence-electron chi connectivity index (χ3n) is 4.78. The van der Waals surface area contributed by atoms with Crippen LogP contribution in [0.1, 0.15) is 34.8 Å². The standard InChI is InChI=1S/C22H31N5O/c1-17(27(3)16-18-8-5-4-6-9-18)12-13-25-22(24-2)26-15-19-10-7-11-20(14-19)21(23)28/h4-11,14,17H,12-13,15-16H2,1-3H3,(H2,23,28)(H2,24,25,26). The van der Waals surface area contributed by atoms with Gasteiger partial charge in [0.25, 0.3) is 0 Å². The predicted octanol–water partition coefficient (Wildman–Crippen LogP) is 2.36. The lowest BCUT2D eigenvalue weighted by Crippen LogP contribution is -2.39. The van der Waals surface area contributed by atoms with Gasteiger partial charge in [-0.25, -0.2) is 0 Å². The number of hydrogen-bond acceptors (Lipinski definition) is 3. The van der Waals surface area contributed by atoms with Crippen LogP contribution in [-0.4, -0.2) is 43.4 Å². The summed E-state index contributed by atoms with van der Waals surface area (Å²) in [7, 11) is 3.90. The summed E-state index contributed by atoms with van der Waals surface area (Å²) in [4.78, 5) is 17.9. The molecule has 1 amide bonds. The molecule has 28 heavy (non-hydrogen) atoms. The van der Waals surface area contributed by atoms with Gasteiger partial charge in [-0.05, 0) is 43.7 Å². The van der Waals surface area contributed by atoms with Gasteiger partial charge in [0.1, 0.15) is 0 Å².